The molecule has 0 aromatic heterocycles. The van der Waals surface area contributed by atoms with Crippen molar-refractivity contribution < 1.29 is 14.4 Å². The summed E-state index contributed by atoms with van der Waals surface area (Å²) in [6, 6.07) is 4.11. The average molecular weight is 177 g/mol. The van der Waals surface area contributed by atoms with E-state index in [-0.39, 0.29) is 11.1 Å². The van der Waals surface area contributed by atoms with Crippen LogP contribution in [0.25, 0.3) is 0 Å². The van der Waals surface area contributed by atoms with E-state index in [9.17, 15) is 14.4 Å². The molecule has 1 aromatic carbocycles. The molecule has 0 aliphatic carbocycles. The highest BCUT2D eigenvalue weighted by Gasteiger charge is 2.07. The Morgan fingerprint density at radius 2 is 1.92 bits per heavy atom. The molecule has 13 heavy (non-hydrogen) atoms. The highest BCUT2D eigenvalue weighted by atomic mass is 16.1. The zero-order chi connectivity index (χ0) is 9.84. The number of primary amides is 1. The molecule has 4 nitrogen and oxygen atoms in total. The SMILES string of the molecule is NC(=O)c1ccc(C=O)cc1C=O. The molecule has 1 amide bonds. The van der Waals surface area contributed by atoms with Crippen LogP contribution in [0.4, 0.5) is 0 Å². The molecule has 0 bridgehead atoms. The number of hydrogen-bond donors (Lipinski definition) is 1. The van der Waals surface area contributed by atoms with Crippen LogP contribution in [0.2, 0.25) is 0 Å². The fourth-order valence-electron chi connectivity index (χ4n) is 0.976. The van der Waals surface area contributed by atoms with Gasteiger partial charge in [-0.2, -0.15) is 0 Å². The second-order valence-electron chi connectivity index (χ2n) is 2.45. The summed E-state index contributed by atoms with van der Waals surface area (Å²) in [6.07, 6.45) is 1.09. The molecule has 0 spiro atoms. The number of benzene rings is 1. The number of amides is 1. The van der Waals surface area contributed by atoms with Gasteiger partial charge in [0.05, 0.1) is 0 Å². The van der Waals surface area contributed by atoms with Crippen LogP contribution in [0.5, 0.6) is 0 Å². The van der Waals surface area contributed by atoms with Crippen LogP contribution in [0.1, 0.15) is 31.1 Å². The maximum absolute atomic E-state index is 10.8. The molecule has 0 atom stereocenters. The van der Waals surface area contributed by atoms with Gasteiger partial charge in [-0.05, 0) is 12.1 Å². The Kier molecular flexibility index (Phi) is 2.54. The quantitative estimate of drug-likeness (QED) is 0.679. The van der Waals surface area contributed by atoms with E-state index in [0.29, 0.717) is 18.1 Å². The largest absolute Gasteiger partial charge is 0.366 e. The molecule has 1 aromatic rings. The topological polar surface area (TPSA) is 77.2 Å². The normalized spacial score (nSPS) is 9.23. The Morgan fingerprint density at radius 1 is 1.23 bits per heavy atom. The van der Waals surface area contributed by atoms with Crippen molar-refractivity contribution >= 4 is 18.5 Å². The molecule has 66 valence electrons. The molecule has 2 N–H and O–H groups in total. The van der Waals surface area contributed by atoms with Gasteiger partial charge < -0.3 is 5.73 Å². The molecule has 0 aliphatic rings. The van der Waals surface area contributed by atoms with Gasteiger partial charge in [-0.1, -0.05) is 6.07 Å². The van der Waals surface area contributed by atoms with Crippen molar-refractivity contribution in [3.63, 3.8) is 0 Å². The molecular formula is C9H7NO3. The lowest BCUT2D eigenvalue weighted by Gasteiger charge is -1.99. The van der Waals surface area contributed by atoms with E-state index in [1.54, 1.807) is 0 Å². The Morgan fingerprint density at radius 3 is 2.38 bits per heavy atom. The van der Waals surface area contributed by atoms with Gasteiger partial charge in [0.2, 0.25) is 5.91 Å². The molecule has 4 heteroatoms. The molecule has 0 heterocycles. The van der Waals surface area contributed by atoms with Crippen LogP contribution in [-0.2, 0) is 0 Å². The number of carbonyl (C=O) groups excluding carboxylic acids is 3. The molecule has 1 rings (SSSR count). The summed E-state index contributed by atoms with van der Waals surface area (Å²) < 4.78 is 0. The maximum Gasteiger partial charge on any atom is 0.249 e. The average Bonchev–Trinajstić information content (AvgIpc) is 2.16. The first-order valence-corrected chi connectivity index (χ1v) is 3.53. The van der Waals surface area contributed by atoms with Crippen molar-refractivity contribution in [1.82, 2.24) is 0 Å². The lowest BCUT2D eigenvalue weighted by atomic mass is 10.1. The Hall–Kier alpha value is -1.97. The second-order valence-corrected chi connectivity index (χ2v) is 2.45. The number of aldehydes is 2. The minimum Gasteiger partial charge on any atom is -0.366 e. The lowest BCUT2D eigenvalue weighted by molar-refractivity contribution is 0.0992. The third kappa shape index (κ3) is 1.79. The lowest BCUT2D eigenvalue weighted by Crippen LogP contribution is -2.13. The van der Waals surface area contributed by atoms with E-state index in [0.717, 1.165) is 0 Å². The van der Waals surface area contributed by atoms with Crippen LogP contribution in [-0.4, -0.2) is 18.5 Å². The summed E-state index contributed by atoms with van der Waals surface area (Å²) in [5, 5.41) is 0. The predicted octanol–water partition coefficient (Wildman–Crippen LogP) is 0.411. The monoisotopic (exact) mass is 177 g/mol. The fraction of sp³-hybridized carbons (Fsp3) is 0. The van der Waals surface area contributed by atoms with Crippen LogP contribution in [0.3, 0.4) is 0 Å². The number of nitrogens with two attached hydrogens (primary N) is 1. The standard InChI is InChI=1S/C9H7NO3/c10-9(13)8-2-1-6(4-11)3-7(8)5-12/h1-5H,(H2,10,13). The second kappa shape index (κ2) is 3.62. The van der Waals surface area contributed by atoms with Gasteiger partial charge in [0, 0.05) is 16.7 Å². The third-order valence-corrected chi connectivity index (χ3v) is 1.60. The van der Waals surface area contributed by atoms with E-state index < -0.39 is 5.91 Å². The third-order valence-electron chi connectivity index (χ3n) is 1.60. The molecule has 0 unspecified atom stereocenters. The summed E-state index contributed by atoms with van der Waals surface area (Å²) in [7, 11) is 0. The van der Waals surface area contributed by atoms with Crippen molar-refractivity contribution in [3.8, 4) is 0 Å². The van der Waals surface area contributed by atoms with E-state index in [2.05, 4.69) is 0 Å². The molecule has 0 aliphatic heterocycles. The zero-order valence-corrected chi connectivity index (χ0v) is 6.69. The molecule has 0 fully saturated rings. The molecule has 0 saturated carbocycles. The molecular weight excluding hydrogens is 170 g/mol. The van der Waals surface area contributed by atoms with Gasteiger partial charge in [-0.15, -0.1) is 0 Å². The minimum atomic E-state index is -0.681. The van der Waals surface area contributed by atoms with E-state index in [1.807, 2.05) is 0 Å². The van der Waals surface area contributed by atoms with Crippen LogP contribution < -0.4 is 5.73 Å². The maximum atomic E-state index is 10.8. The first kappa shape index (κ1) is 9.12. The van der Waals surface area contributed by atoms with Crippen LogP contribution >= 0.6 is 0 Å². The van der Waals surface area contributed by atoms with Gasteiger partial charge in [-0.25, -0.2) is 0 Å². The fourth-order valence-corrected chi connectivity index (χ4v) is 0.976. The first-order valence-electron chi connectivity index (χ1n) is 3.53. The van der Waals surface area contributed by atoms with Crippen LogP contribution in [0.15, 0.2) is 18.2 Å². The van der Waals surface area contributed by atoms with Gasteiger partial charge in [-0.3, -0.25) is 14.4 Å². The van der Waals surface area contributed by atoms with Gasteiger partial charge >= 0.3 is 0 Å². The van der Waals surface area contributed by atoms with E-state index in [4.69, 9.17) is 5.73 Å². The van der Waals surface area contributed by atoms with E-state index >= 15 is 0 Å². The van der Waals surface area contributed by atoms with Gasteiger partial charge in [0.25, 0.3) is 0 Å². The number of carbonyl (C=O) groups is 3. The zero-order valence-electron chi connectivity index (χ0n) is 6.69. The first-order chi connectivity index (χ1) is 6.19. The van der Waals surface area contributed by atoms with Crippen molar-refractivity contribution in [1.29, 1.82) is 0 Å². The van der Waals surface area contributed by atoms with E-state index in [1.165, 1.54) is 18.2 Å². The summed E-state index contributed by atoms with van der Waals surface area (Å²) in [4.78, 5) is 31.6. The smallest absolute Gasteiger partial charge is 0.249 e. The summed E-state index contributed by atoms with van der Waals surface area (Å²) in [5.74, 6) is -0.681. The van der Waals surface area contributed by atoms with Gasteiger partial charge in [0.15, 0.2) is 6.29 Å². The number of rotatable bonds is 3. The van der Waals surface area contributed by atoms with Crippen molar-refractivity contribution in [2.75, 3.05) is 0 Å². The Bertz CT molecular complexity index is 371. The highest BCUT2D eigenvalue weighted by Crippen LogP contribution is 2.08. The Balaban J connectivity index is 3.31. The van der Waals surface area contributed by atoms with Gasteiger partial charge in [0.1, 0.15) is 6.29 Å². The van der Waals surface area contributed by atoms with Crippen molar-refractivity contribution in [2.45, 2.75) is 0 Å². The molecule has 0 radical (unpaired) electrons. The summed E-state index contributed by atoms with van der Waals surface area (Å²) >= 11 is 0. The predicted molar refractivity (Wildman–Crippen MR) is 45.7 cm³/mol. The van der Waals surface area contributed by atoms with Crippen LogP contribution in [0, 0.1) is 0 Å². The number of hydrogen-bond acceptors (Lipinski definition) is 3. The summed E-state index contributed by atoms with van der Waals surface area (Å²) in [6.45, 7) is 0. The minimum absolute atomic E-state index is 0.126. The Labute approximate surface area is 74.4 Å². The summed E-state index contributed by atoms with van der Waals surface area (Å²) in [5.41, 5.74) is 5.60. The van der Waals surface area contributed by atoms with Crippen molar-refractivity contribution in [2.24, 2.45) is 5.73 Å². The molecule has 0 saturated heterocycles. The highest BCUT2D eigenvalue weighted by molar-refractivity contribution is 6.01. The van der Waals surface area contributed by atoms with Crippen molar-refractivity contribution in [3.05, 3.63) is 34.9 Å².